The van der Waals surface area contributed by atoms with Crippen LogP contribution in [0.3, 0.4) is 0 Å². The lowest BCUT2D eigenvalue weighted by Gasteiger charge is -2.09. The van der Waals surface area contributed by atoms with Crippen molar-refractivity contribution in [3.05, 3.63) is 52.3 Å². The van der Waals surface area contributed by atoms with Gasteiger partial charge in [-0.2, -0.15) is 18.3 Å². The van der Waals surface area contributed by atoms with Gasteiger partial charge in [0.05, 0.1) is 0 Å². The molecule has 0 unspecified atom stereocenters. The van der Waals surface area contributed by atoms with E-state index in [2.05, 4.69) is 10.4 Å². The Hall–Kier alpha value is -2.31. The third-order valence-electron chi connectivity index (χ3n) is 3.73. The van der Waals surface area contributed by atoms with E-state index in [-0.39, 0.29) is 5.91 Å². The zero-order chi connectivity index (χ0) is 17.9. The highest BCUT2D eigenvalue weighted by Gasteiger charge is 2.34. The van der Waals surface area contributed by atoms with E-state index in [4.69, 9.17) is 0 Å². The van der Waals surface area contributed by atoms with Crippen molar-refractivity contribution in [2.75, 3.05) is 6.54 Å². The predicted molar refractivity (Wildman–Crippen MR) is 84.8 cm³/mol. The molecule has 1 N–H and O–H groups in total. The van der Waals surface area contributed by atoms with E-state index in [1.165, 1.54) is 4.68 Å². The van der Waals surface area contributed by atoms with Crippen molar-refractivity contribution in [1.29, 1.82) is 0 Å². The Labute approximate surface area is 138 Å². The lowest BCUT2D eigenvalue weighted by atomic mass is 10.1. The standard InChI is InChI=1S/C17H20F3N3O/c1-11-5-6-14(12(2)9-11)16(24)21-7-4-8-23-13(3)10-15(22-23)17(18,19)20/h5-6,9-10H,4,7-8H2,1-3H3,(H,21,24). The topological polar surface area (TPSA) is 46.9 Å². The number of carbonyl (C=O) groups excluding carboxylic acids is 1. The minimum atomic E-state index is -4.44. The largest absolute Gasteiger partial charge is 0.435 e. The molecular weight excluding hydrogens is 319 g/mol. The first-order valence-electron chi connectivity index (χ1n) is 7.65. The third kappa shape index (κ3) is 4.37. The van der Waals surface area contributed by atoms with Crippen LogP contribution in [-0.4, -0.2) is 22.2 Å². The molecule has 130 valence electrons. The van der Waals surface area contributed by atoms with Gasteiger partial charge in [0.25, 0.3) is 5.91 Å². The maximum atomic E-state index is 12.6. The molecule has 4 nitrogen and oxygen atoms in total. The molecule has 7 heteroatoms. The number of rotatable bonds is 5. The fraction of sp³-hybridized carbons (Fsp3) is 0.412. The average Bonchev–Trinajstić information content (AvgIpc) is 2.85. The fourth-order valence-electron chi connectivity index (χ4n) is 2.47. The number of hydrogen-bond acceptors (Lipinski definition) is 2. The van der Waals surface area contributed by atoms with Crippen LogP contribution in [0.1, 0.15) is 39.3 Å². The number of nitrogens with one attached hydrogen (secondary N) is 1. The van der Waals surface area contributed by atoms with Gasteiger partial charge < -0.3 is 5.32 Å². The fourth-order valence-corrected chi connectivity index (χ4v) is 2.47. The van der Waals surface area contributed by atoms with E-state index < -0.39 is 11.9 Å². The average molecular weight is 339 g/mol. The van der Waals surface area contributed by atoms with Crippen LogP contribution in [0.2, 0.25) is 0 Å². The highest BCUT2D eigenvalue weighted by Crippen LogP contribution is 2.28. The van der Waals surface area contributed by atoms with Crippen LogP contribution in [-0.2, 0) is 12.7 Å². The van der Waals surface area contributed by atoms with Crippen LogP contribution < -0.4 is 5.32 Å². The molecule has 0 spiro atoms. The number of aryl methyl sites for hydroxylation is 4. The Kier molecular flexibility index (Phi) is 5.31. The number of benzene rings is 1. The first-order valence-corrected chi connectivity index (χ1v) is 7.65. The van der Waals surface area contributed by atoms with Gasteiger partial charge in [-0.1, -0.05) is 17.7 Å². The van der Waals surface area contributed by atoms with Crippen molar-refractivity contribution < 1.29 is 18.0 Å². The molecule has 2 aromatic rings. The summed E-state index contributed by atoms with van der Waals surface area (Å²) in [6.45, 7) is 6.09. The van der Waals surface area contributed by atoms with Gasteiger partial charge in [-0.15, -0.1) is 0 Å². The second kappa shape index (κ2) is 7.07. The molecule has 0 saturated heterocycles. The van der Waals surface area contributed by atoms with Crippen molar-refractivity contribution in [3.8, 4) is 0 Å². The lowest BCUT2D eigenvalue weighted by Crippen LogP contribution is -2.26. The SMILES string of the molecule is Cc1ccc(C(=O)NCCCn2nc(C(F)(F)F)cc2C)c(C)c1. The van der Waals surface area contributed by atoms with Gasteiger partial charge >= 0.3 is 6.18 Å². The van der Waals surface area contributed by atoms with Gasteiger partial charge in [-0.25, -0.2) is 0 Å². The molecule has 0 aliphatic carbocycles. The third-order valence-corrected chi connectivity index (χ3v) is 3.73. The van der Waals surface area contributed by atoms with Crippen molar-refractivity contribution in [2.45, 2.75) is 39.9 Å². The molecule has 0 bridgehead atoms. The van der Waals surface area contributed by atoms with Crippen LogP contribution in [0.5, 0.6) is 0 Å². The number of hydrogen-bond donors (Lipinski definition) is 1. The predicted octanol–water partition coefficient (Wildman–Crippen LogP) is 3.65. The lowest BCUT2D eigenvalue weighted by molar-refractivity contribution is -0.141. The van der Waals surface area contributed by atoms with Crippen LogP contribution in [0.15, 0.2) is 24.3 Å². The molecule has 1 aromatic carbocycles. The summed E-state index contributed by atoms with van der Waals surface area (Å²) in [6.07, 6.45) is -3.94. The Bertz CT molecular complexity index is 735. The van der Waals surface area contributed by atoms with Gasteiger partial charge in [0.2, 0.25) is 0 Å². The van der Waals surface area contributed by atoms with E-state index in [1.54, 1.807) is 13.0 Å². The first-order chi connectivity index (χ1) is 11.2. The number of nitrogens with zero attached hydrogens (tertiary/aromatic N) is 2. The van der Waals surface area contributed by atoms with Crippen LogP contribution >= 0.6 is 0 Å². The second-order valence-electron chi connectivity index (χ2n) is 5.82. The molecule has 0 aliphatic rings. The molecule has 0 atom stereocenters. The van der Waals surface area contributed by atoms with E-state index in [9.17, 15) is 18.0 Å². The maximum absolute atomic E-state index is 12.6. The number of carbonyl (C=O) groups is 1. The van der Waals surface area contributed by atoms with Crippen molar-refractivity contribution >= 4 is 5.91 Å². The highest BCUT2D eigenvalue weighted by atomic mass is 19.4. The zero-order valence-corrected chi connectivity index (χ0v) is 13.9. The summed E-state index contributed by atoms with van der Waals surface area (Å²) in [4.78, 5) is 12.1. The Morgan fingerprint density at radius 1 is 1.21 bits per heavy atom. The normalized spacial score (nSPS) is 11.6. The molecule has 24 heavy (non-hydrogen) atoms. The first kappa shape index (κ1) is 18.0. The van der Waals surface area contributed by atoms with E-state index >= 15 is 0 Å². The van der Waals surface area contributed by atoms with Crippen molar-refractivity contribution in [1.82, 2.24) is 15.1 Å². The Morgan fingerprint density at radius 3 is 2.50 bits per heavy atom. The van der Waals surface area contributed by atoms with E-state index in [0.717, 1.165) is 17.2 Å². The Balaban J connectivity index is 1.87. The minimum absolute atomic E-state index is 0.180. The molecule has 0 radical (unpaired) electrons. The zero-order valence-electron chi connectivity index (χ0n) is 13.9. The summed E-state index contributed by atoms with van der Waals surface area (Å²) in [6, 6.07) is 6.59. The quantitative estimate of drug-likeness (QED) is 0.845. The van der Waals surface area contributed by atoms with Crippen LogP contribution in [0, 0.1) is 20.8 Å². The number of halogens is 3. The second-order valence-corrected chi connectivity index (χ2v) is 5.82. The number of amides is 1. The monoisotopic (exact) mass is 339 g/mol. The summed E-state index contributed by atoms with van der Waals surface area (Å²) < 4.78 is 39.1. The summed E-state index contributed by atoms with van der Waals surface area (Å²) in [5.41, 5.74) is 2.14. The number of alkyl halides is 3. The smallest absolute Gasteiger partial charge is 0.352 e. The molecule has 2 rings (SSSR count). The summed E-state index contributed by atoms with van der Waals surface area (Å²) >= 11 is 0. The van der Waals surface area contributed by atoms with Crippen LogP contribution in [0.4, 0.5) is 13.2 Å². The van der Waals surface area contributed by atoms with E-state index in [1.807, 2.05) is 26.0 Å². The van der Waals surface area contributed by atoms with E-state index in [0.29, 0.717) is 30.8 Å². The maximum Gasteiger partial charge on any atom is 0.435 e. The summed E-state index contributed by atoms with van der Waals surface area (Å²) in [5, 5.41) is 6.34. The Morgan fingerprint density at radius 2 is 1.92 bits per heavy atom. The van der Waals surface area contributed by atoms with Gasteiger partial charge in [-0.3, -0.25) is 9.48 Å². The molecule has 0 aliphatic heterocycles. The minimum Gasteiger partial charge on any atom is -0.352 e. The van der Waals surface area contributed by atoms with Crippen molar-refractivity contribution in [3.63, 3.8) is 0 Å². The molecule has 0 saturated carbocycles. The molecule has 1 amide bonds. The van der Waals surface area contributed by atoms with Gasteiger partial charge in [-0.05, 0) is 44.9 Å². The summed E-state index contributed by atoms with van der Waals surface area (Å²) in [7, 11) is 0. The highest BCUT2D eigenvalue weighted by molar-refractivity contribution is 5.95. The van der Waals surface area contributed by atoms with Gasteiger partial charge in [0, 0.05) is 24.3 Å². The van der Waals surface area contributed by atoms with Crippen LogP contribution in [0.25, 0.3) is 0 Å². The molecule has 1 aromatic heterocycles. The summed E-state index contributed by atoms with van der Waals surface area (Å²) in [5.74, 6) is -0.180. The number of aromatic nitrogens is 2. The molecule has 1 heterocycles. The van der Waals surface area contributed by atoms with Crippen molar-refractivity contribution in [2.24, 2.45) is 0 Å². The van der Waals surface area contributed by atoms with Gasteiger partial charge in [0.1, 0.15) is 0 Å². The molecule has 0 fully saturated rings. The molecular formula is C17H20F3N3O. The van der Waals surface area contributed by atoms with Gasteiger partial charge in [0.15, 0.2) is 5.69 Å².